The molecule has 33 heavy (non-hydrogen) atoms. The summed E-state index contributed by atoms with van der Waals surface area (Å²) in [5.41, 5.74) is 8.38. The van der Waals surface area contributed by atoms with E-state index in [0.29, 0.717) is 29.4 Å². The molecule has 0 radical (unpaired) electrons. The number of fused-ring (bicyclic) bond motifs is 3. The number of nitrogens with one attached hydrogen (secondary N) is 1. The predicted octanol–water partition coefficient (Wildman–Crippen LogP) is 1.87. The van der Waals surface area contributed by atoms with Crippen LogP contribution in [0.15, 0.2) is 64.6 Å². The molecule has 2 aromatic carbocycles. The first-order valence-electron chi connectivity index (χ1n) is 10.2. The van der Waals surface area contributed by atoms with Gasteiger partial charge >= 0.3 is 0 Å². The number of ether oxygens (including phenoxy) is 1. The highest BCUT2D eigenvalue weighted by atomic mass is 32.2. The SMILES string of the molecule is C=S(C)(=O)c1ccc(S(=O)(=O)NCCOCCn2cnc3c(N)nc4ccccc4c32)cc1. The average Bonchev–Trinajstić information content (AvgIpc) is 3.21. The summed E-state index contributed by atoms with van der Waals surface area (Å²) in [4.78, 5) is 9.36. The molecule has 0 fully saturated rings. The van der Waals surface area contributed by atoms with Gasteiger partial charge in [-0.05, 0) is 45.7 Å². The third-order valence-electron chi connectivity index (χ3n) is 5.13. The number of rotatable bonds is 9. The summed E-state index contributed by atoms with van der Waals surface area (Å²) in [7, 11) is -6.08. The Morgan fingerprint density at radius 3 is 2.48 bits per heavy atom. The van der Waals surface area contributed by atoms with Gasteiger partial charge in [-0.3, -0.25) is 4.21 Å². The molecule has 1 atom stereocenters. The van der Waals surface area contributed by atoms with E-state index in [1.165, 1.54) is 30.5 Å². The van der Waals surface area contributed by atoms with E-state index < -0.39 is 19.5 Å². The fourth-order valence-corrected chi connectivity index (χ4v) is 5.20. The normalized spacial score (nSPS) is 14.0. The molecule has 174 valence electrons. The van der Waals surface area contributed by atoms with Gasteiger partial charge < -0.3 is 15.0 Å². The zero-order chi connectivity index (χ0) is 23.6. The summed E-state index contributed by atoms with van der Waals surface area (Å²) in [6.07, 6.45) is 3.21. The number of hydrogen-bond donors (Lipinski definition) is 2. The predicted molar refractivity (Wildman–Crippen MR) is 131 cm³/mol. The maximum absolute atomic E-state index is 12.4. The highest BCUT2D eigenvalue weighted by molar-refractivity contribution is 7.99. The quantitative estimate of drug-likeness (QED) is 0.272. The first kappa shape index (κ1) is 23.2. The van der Waals surface area contributed by atoms with Gasteiger partial charge in [-0.25, -0.2) is 23.1 Å². The van der Waals surface area contributed by atoms with Crippen molar-refractivity contribution < 1.29 is 17.4 Å². The van der Waals surface area contributed by atoms with Gasteiger partial charge in [0.15, 0.2) is 5.82 Å². The Bertz CT molecular complexity index is 1510. The molecule has 0 spiro atoms. The third-order valence-corrected chi connectivity index (χ3v) is 7.87. The molecule has 0 aliphatic rings. The molecule has 3 N–H and O–H groups in total. The summed E-state index contributed by atoms with van der Waals surface area (Å²) >= 11 is 0. The largest absolute Gasteiger partial charge is 0.382 e. The zero-order valence-corrected chi connectivity index (χ0v) is 19.7. The van der Waals surface area contributed by atoms with Gasteiger partial charge in [0.2, 0.25) is 10.0 Å². The molecule has 2 heterocycles. The van der Waals surface area contributed by atoms with Crippen molar-refractivity contribution in [3.05, 3.63) is 54.9 Å². The van der Waals surface area contributed by atoms with Crippen LogP contribution in [0.1, 0.15) is 0 Å². The Morgan fingerprint density at radius 2 is 1.76 bits per heavy atom. The Labute approximate surface area is 192 Å². The van der Waals surface area contributed by atoms with Crippen molar-refractivity contribution in [2.24, 2.45) is 0 Å². The minimum Gasteiger partial charge on any atom is -0.382 e. The number of nitrogen functional groups attached to an aromatic ring is 1. The molecule has 4 rings (SSSR count). The summed E-state index contributed by atoms with van der Waals surface area (Å²) in [5, 5.41) is 0.954. The van der Waals surface area contributed by atoms with Gasteiger partial charge in [0, 0.05) is 29.6 Å². The molecule has 0 aliphatic carbocycles. The smallest absolute Gasteiger partial charge is 0.240 e. The lowest BCUT2D eigenvalue weighted by atomic mass is 10.2. The molecular weight excluding hydrogens is 462 g/mol. The first-order valence-corrected chi connectivity index (χ1v) is 13.8. The topological polar surface area (TPSA) is 129 Å². The lowest BCUT2D eigenvalue weighted by Gasteiger charge is -2.10. The van der Waals surface area contributed by atoms with E-state index in [9.17, 15) is 12.6 Å². The Kier molecular flexibility index (Phi) is 6.39. The monoisotopic (exact) mass is 487 g/mol. The van der Waals surface area contributed by atoms with Crippen LogP contribution in [0.25, 0.3) is 21.9 Å². The summed E-state index contributed by atoms with van der Waals surface area (Å²) in [6.45, 7) is 1.22. The average molecular weight is 488 g/mol. The molecule has 2 aromatic heterocycles. The third kappa shape index (κ3) is 5.01. The molecule has 9 nitrogen and oxygen atoms in total. The zero-order valence-electron chi connectivity index (χ0n) is 18.1. The number of pyridine rings is 1. The van der Waals surface area contributed by atoms with Crippen LogP contribution in [0.3, 0.4) is 0 Å². The van der Waals surface area contributed by atoms with E-state index in [2.05, 4.69) is 20.6 Å². The lowest BCUT2D eigenvalue weighted by molar-refractivity contribution is 0.132. The fraction of sp³-hybridized carbons (Fsp3) is 0.227. The van der Waals surface area contributed by atoms with Crippen LogP contribution in [0.5, 0.6) is 0 Å². The number of nitrogens with zero attached hydrogens (tertiary/aromatic N) is 3. The summed E-state index contributed by atoms with van der Waals surface area (Å²) in [5.74, 6) is 3.97. The van der Waals surface area contributed by atoms with Crippen molar-refractivity contribution in [3.63, 3.8) is 0 Å². The van der Waals surface area contributed by atoms with Crippen molar-refractivity contribution in [1.82, 2.24) is 19.3 Å². The second-order valence-electron chi connectivity index (χ2n) is 7.64. The van der Waals surface area contributed by atoms with E-state index in [0.717, 1.165) is 16.4 Å². The van der Waals surface area contributed by atoms with E-state index in [1.807, 2.05) is 28.8 Å². The number of nitrogens with two attached hydrogens (primary N) is 1. The Morgan fingerprint density at radius 1 is 1.06 bits per heavy atom. The number of sulfonamides is 1. The van der Waals surface area contributed by atoms with E-state index >= 15 is 0 Å². The van der Waals surface area contributed by atoms with E-state index in [4.69, 9.17) is 10.5 Å². The maximum atomic E-state index is 12.4. The molecule has 0 amide bonds. The van der Waals surface area contributed by atoms with Crippen molar-refractivity contribution in [2.45, 2.75) is 16.3 Å². The lowest BCUT2D eigenvalue weighted by Crippen LogP contribution is -2.27. The highest BCUT2D eigenvalue weighted by Crippen LogP contribution is 2.26. The number of hydrogen-bond acceptors (Lipinski definition) is 7. The summed E-state index contributed by atoms with van der Waals surface area (Å²) in [6, 6.07) is 13.6. The Hall–Kier alpha value is -2.99. The number of para-hydroxylation sites is 1. The van der Waals surface area contributed by atoms with Crippen LogP contribution in [0.4, 0.5) is 5.82 Å². The molecule has 0 aliphatic heterocycles. The van der Waals surface area contributed by atoms with E-state index in [-0.39, 0.29) is 18.0 Å². The Balaban J connectivity index is 1.33. The minimum atomic E-state index is -3.69. The second kappa shape index (κ2) is 9.10. The van der Waals surface area contributed by atoms with Crippen molar-refractivity contribution >= 4 is 53.2 Å². The molecule has 0 saturated carbocycles. The van der Waals surface area contributed by atoms with Gasteiger partial charge in [-0.1, -0.05) is 18.2 Å². The van der Waals surface area contributed by atoms with Gasteiger partial charge in [0.25, 0.3) is 0 Å². The molecule has 0 bridgehead atoms. The molecule has 1 unspecified atom stereocenters. The van der Waals surface area contributed by atoms with Crippen molar-refractivity contribution in [3.8, 4) is 0 Å². The number of anilines is 1. The molecular formula is C22H25N5O4S2. The van der Waals surface area contributed by atoms with Gasteiger partial charge in [0.05, 0.1) is 35.5 Å². The van der Waals surface area contributed by atoms with Crippen LogP contribution in [-0.4, -0.2) is 59.0 Å². The second-order valence-corrected chi connectivity index (χ2v) is 11.9. The van der Waals surface area contributed by atoms with Crippen LogP contribution in [0.2, 0.25) is 0 Å². The minimum absolute atomic E-state index is 0.0952. The van der Waals surface area contributed by atoms with Crippen LogP contribution in [0, 0.1) is 0 Å². The van der Waals surface area contributed by atoms with Gasteiger partial charge in [-0.15, -0.1) is 0 Å². The maximum Gasteiger partial charge on any atom is 0.240 e. The number of imidazole rings is 1. The molecule has 0 saturated heterocycles. The standard InChI is InChI=1S/C22H25N5O4S2/c1-32(2,28)16-7-9-17(10-8-16)33(29,30)25-11-13-31-14-12-27-15-24-20-21(27)18-5-3-4-6-19(18)26-22(20)23/h3-10,15,25H,1,11-14H2,2H3,(H2,23,26). The summed E-state index contributed by atoms with van der Waals surface area (Å²) < 4.78 is 46.9. The number of benzene rings is 2. The van der Waals surface area contributed by atoms with Crippen molar-refractivity contribution in [1.29, 1.82) is 0 Å². The molecule has 11 heteroatoms. The van der Waals surface area contributed by atoms with Crippen molar-refractivity contribution in [2.75, 3.05) is 31.7 Å². The van der Waals surface area contributed by atoms with Crippen LogP contribution < -0.4 is 10.5 Å². The molecule has 4 aromatic rings. The van der Waals surface area contributed by atoms with Gasteiger partial charge in [-0.2, -0.15) is 0 Å². The number of aromatic nitrogens is 3. The van der Waals surface area contributed by atoms with Crippen LogP contribution in [-0.2, 0) is 30.8 Å². The highest BCUT2D eigenvalue weighted by Gasteiger charge is 2.14. The van der Waals surface area contributed by atoms with E-state index in [1.54, 1.807) is 6.33 Å². The van der Waals surface area contributed by atoms with Gasteiger partial charge in [0.1, 0.15) is 5.52 Å². The first-order chi connectivity index (χ1) is 15.7. The fourth-order valence-electron chi connectivity index (χ4n) is 3.48. The van der Waals surface area contributed by atoms with Crippen LogP contribution >= 0.6 is 0 Å².